The number of hydrogen-bond donors (Lipinski definition) is 0. The van der Waals surface area contributed by atoms with E-state index in [4.69, 9.17) is 4.42 Å². The van der Waals surface area contributed by atoms with E-state index in [9.17, 15) is 4.79 Å². The number of thiazole rings is 1. The topological polar surface area (TPSA) is 64.2 Å². The van der Waals surface area contributed by atoms with Gasteiger partial charge in [-0.15, -0.1) is 11.3 Å². The van der Waals surface area contributed by atoms with Gasteiger partial charge >= 0.3 is 0 Å². The highest BCUT2D eigenvalue weighted by Crippen LogP contribution is 2.26. The van der Waals surface area contributed by atoms with Gasteiger partial charge in [0, 0.05) is 24.7 Å². The largest absolute Gasteiger partial charge is 0.462 e. The molecule has 1 aliphatic heterocycles. The van der Waals surface area contributed by atoms with Gasteiger partial charge in [0.15, 0.2) is 10.8 Å². The van der Waals surface area contributed by atoms with Gasteiger partial charge in [0.05, 0.1) is 18.5 Å². The number of nitrogens with zero attached hydrogens (tertiary/aromatic N) is 4. The lowest BCUT2D eigenvalue weighted by Gasteiger charge is -2.32. The Morgan fingerprint density at radius 1 is 1.46 bits per heavy atom. The Hall–Kier alpha value is -2.41. The fraction of sp³-hybridized carbons (Fsp3) is 0.353. The Kier molecular flexibility index (Phi) is 3.93. The third kappa shape index (κ3) is 2.87. The summed E-state index contributed by atoms with van der Waals surface area (Å²) in [6, 6.07) is 3.91. The molecule has 0 spiro atoms. The van der Waals surface area contributed by atoms with Gasteiger partial charge in [0.1, 0.15) is 5.69 Å². The zero-order valence-electron chi connectivity index (χ0n) is 13.4. The molecule has 3 aromatic rings. The molecule has 124 valence electrons. The van der Waals surface area contributed by atoms with Gasteiger partial charge in [0.2, 0.25) is 0 Å². The molecule has 1 aliphatic rings. The highest BCUT2D eigenvalue weighted by Gasteiger charge is 2.27. The van der Waals surface area contributed by atoms with E-state index in [-0.39, 0.29) is 11.9 Å². The minimum atomic E-state index is -0.0161. The molecule has 0 aliphatic carbocycles. The van der Waals surface area contributed by atoms with Crippen molar-refractivity contribution >= 4 is 17.2 Å². The smallest absolute Gasteiger partial charge is 0.273 e. The lowest BCUT2D eigenvalue weighted by Crippen LogP contribution is -2.41. The summed E-state index contributed by atoms with van der Waals surface area (Å²) in [5.74, 6) is 0.681. The molecule has 0 N–H and O–H groups in total. The molecular formula is C17H18N4O2S. The van der Waals surface area contributed by atoms with Crippen molar-refractivity contribution in [3.8, 4) is 10.8 Å². The quantitative estimate of drug-likeness (QED) is 0.732. The molecular weight excluding hydrogens is 324 g/mol. The van der Waals surface area contributed by atoms with E-state index in [0.717, 1.165) is 30.0 Å². The number of hydrogen-bond acceptors (Lipinski definition) is 5. The van der Waals surface area contributed by atoms with Gasteiger partial charge < -0.3 is 9.32 Å². The molecule has 1 saturated heterocycles. The van der Waals surface area contributed by atoms with Gasteiger partial charge in [-0.3, -0.25) is 9.48 Å². The van der Waals surface area contributed by atoms with E-state index in [0.29, 0.717) is 18.0 Å². The summed E-state index contributed by atoms with van der Waals surface area (Å²) in [4.78, 5) is 19.1. The van der Waals surface area contributed by atoms with Gasteiger partial charge in [-0.25, -0.2) is 4.98 Å². The summed E-state index contributed by atoms with van der Waals surface area (Å²) in [7, 11) is 0. The fourth-order valence-corrected chi connectivity index (χ4v) is 3.80. The second-order valence-corrected chi connectivity index (χ2v) is 6.92. The monoisotopic (exact) mass is 342 g/mol. The maximum Gasteiger partial charge on any atom is 0.273 e. The predicted octanol–water partition coefficient (Wildman–Crippen LogP) is 3.39. The van der Waals surface area contributed by atoms with E-state index in [2.05, 4.69) is 10.1 Å². The molecule has 0 radical (unpaired) electrons. The zero-order chi connectivity index (χ0) is 16.5. The van der Waals surface area contributed by atoms with E-state index in [1.54, 1.807) is 6.26 Å². The number of aryl methyl sites for hydroxylation is 1. The van der Waals surface area contributed by atoms with Crippen LogP contribution in [0.15, 0.2) is 40.6 Å². The van der Waals surface area contributed by atoms with Gasteiger partial charge in [0.25, 0.3) is 5.91 Å². The highest BCUT2D eigenvalue weighted by atomic mass is 32.1. The Morgan fingerprint density at radius 2 is 2.38 bits per heavy atom. The van der Waals surface area contributed by atoms with Crippen LogP contribution in [-0.4, -0.2) is 38.7 Å². The van der Waals surface area contributed by atoms with Crippen LogP contribution in [-0.2, 0) is 0 Å². The predicted molar refractivity (Wildman–Crippen MR) is 91.0 cm³/mol. The van der Waals surface area contributed by atoms with Crippen molar-refractivity contribution in [2.45, 2.75) is 25.8 Å². The average molecular weight is 342 g/mol. The molecule has 0 saturated carbocycles. The van der Waals surface area contributed by atoms with Crippen molar-refractivity contribution in [1.82, 2.24) is 19.7 Å². The van der Waals surface area contributed by atoms with Crippen LogP contribution in [0.25, 0.3) is 10.8 Å². The first-order chi connectivity index (χ1) is 11.7. The summed E-state index contributed by atoms with van der Waals surface area (Å²) >= 11 is 1.43. The van der Waals surface area contributed by atoms with Crippen LogP contribution >= 0.6 is 11.3 Å². The summed E-state index contributed by atoms with van der Waals surface area (Å²) in [6.07, 6.45) is 7.52. The summed E-state index contributed by atoms with van der Waals surface area (Å²) in [5.41, 5.74) is 1.63. The molecule has 24 heavy (non-hydrogen) atoms. The van der Waals surface area contributed by atoms with Crippen LogP contribution in [0.3, 0.4) is 0 Å². The molecule has 4 heterocycles. The van der Waals surface area contributed by atoms with E-state index in [1.807, 2.05) is 46.4 Å². The van der Waals surface area contributed by atoms with Gasteiger partial charge in [-0.05, 0) is 37.5 Å². The Bertz CT molecular complexity index is 837. The Labute approximate surface area is 143 Å². The lowest BCUT2D eigenvalue weighted by atomic mass is 10.1. The van der Waals surface area contributed by atoms with Crippen molar-refractivity contribution in [3.63, 3.8) is 0 Å². The number of carbonyl (C=O) groups excluding carboxylic acids is 1. The molecule has 0 bridgehead atoms. The normalized spacial score (nSPS) is 18.0. The third-order valence-corrected chi connectivity index (χ3v) is 5.10. The number of piperidine rings is 1. The van der Waals surface area contributed by atoms with Gasteiger partial charge in [-0.1, -0.05) is 0 Å². The minimum Gasteiger partial charge on any atom is -0.462 e. The first-order valence-electron chi connectivity index (χ1n) is 8.00. The third-order valence-electron chi connectivity index (χ3n) is 4.24. The zero-order valence-corrected chi connectivity index (χ0v) is 14.2. The number of amides is 1. The maximum absolute atomic E-state index is 12.8. The van der Waals surface area contributed by atoms with Crippen molar-refractivity contribution in [1.29, 1.82) is 0 Å². The van der Waals surface area contributed by atoms with Crippen molar-refractivity contribution < 1.29 is 9.21 Å². The number of rotatable bonds is 3. The number of furan rings is 1. The van der Waals surface area contributed by atoms with E-state index >= 15 is 0 Å². The van der Waals surface area contributed by atoms with E-state index < -0.39 is 0 Å². The number of aromatic nitrogens is 3. The minimum absolute atomic E-state index is 0.0161. The van der Waals surface area contributed by atoms with Crippen LogP contribution in [0.5, 0.6) is 0 Å². The summed E-state index contributed by atoms with van der Waals surface area (Å²) in [6.45, 7) is 3.47. The maximum atomic E-state index is 12.8. The molecule has 1 amide bonds. The summed E-state index contributed by atoms with van der Waals surface area (Å²) < 4.78 is 7.32. The van der Waals surface area contributed by atoms with Crippen molar-refractivity contribution in [3.05, 3.63) is 47.4 Å². The molecule has 4 rings (SSSR count). The molecule has 0 unspecified atom stereocenters. The van der Waals surface area contributed by atoms with Crippen molar-refractivity contribution in [2.75, 3.05) is 13.1 Å². The molecule has 1 fully saturated rings. The van der Waals surface area contributed by atoms with Crippen LogP contribution < -0.4 is 0 Å². The molecule has 7 heteroatoms. The first-order valence-corrected chi connectivity index (χ1v) is 8.88. The molecule has 6 nitrogen and oxygen atoms in total. The highest BCUT2D eigenvalue weighted by molar-refractivity contribution is 7.13. The Morgan fingerprint density at radius 3 is 3.12 bits per heavy atom. The van der Waals surface area contributed by atoms with Crippen LogP contribution in [0.4, 0.5) is 0 Å². The molecule has 3 aromatic heterocycles. The van der Waals surface area contributed by atoms with E-state index in [1.165, 1.54) is 11.3 Å². The second-order valence-electron chi connectivity index (χ2n) is 6.06. The number of carbonyl (C=O) groups is 1. The average Bonchev–Trinajstić information content (AvgIpc) is 3.34. The van der Waals surface area contributed by atoms with Crippen LogP contribution in [0, 0.1) is 6.92 Å². The molecule has 0 aromatic carbocycles. The van der Waals surface area contributed by atoms with Crippen molar-refractivity contribution in [2.24, 2.45) is 0 Å². The van der Waals surface area contributed by atoms with Gasteiger partial charge in [-0.2, -0.15) is 5.10 Å². The number of likely N-dealkylation sites (tertiary alicyclic amines) is 1. The Balaban J connectivity index is 1.50. The standard InChI is InChI=1S/C17H18N4O2S/c1-12-8-18-21(9-12)13-4-2-6-20(10-13)17(22)14-11-24-16(19-14)15-5-3-7-23-15/h3,5,7-9,11,13H,2,4,6,10H2,1H3/t13-/m1/s1. The lowest BCUT2D eigenvalue weighted by molar-refractivity contribution is 0.0668. The second kappa shape index (κ2) is 6.24. The fourth-order valence-electron chi connectivity index (χ4n) is 3.04. The SMILES string of the molecule is Cc1cnn([C@@H]2CCCN(C(=O)c3csc(-c4ccco4)n3)C2)c1. The first kappa shape index (κ1) is 15.1. The summed E-state index contributed by atoms with van der Waals surface area (Å²) in [5, 5.41) is 6.94. The molecule has 1 atom stereocenters. The van der Waals surface area contributed by atoms with Crippen LogP contribution in [0.1, 0.15) is 34.9 Å². The van der Waals surface area contributed by atoms with Crippen LogP contribution in [0.2, 0.25) is 0 Å².